The maximum atomic E-state index is 16.8. The van der Waals surface area contributed by atoms with Gasteiger partial charge in [-0.3, -0.25) is 0 Å². The van der Waals surface area contributed by atoms with Crippen LogP contribution in [0.15, 0.2) is 182 Å². The van der Waals surface area contributed by atoms with Gasteiger partial charge < -0.3 is 4.90 Å². The Kier molecular flexibility index (Phi) is 7.55. The molecule has 210 valence electrons. The second-order valence-corrected chi connectivity index (χ2v) is 10.7. The van der Waals surface area contributed by atoms with Gasteiger partial charge in [0.05, 0.1) is 5.69 Å². The van der Waals surface area contributed by atoms with Crippen molar-refractivity contribution in [1.82, 2.24) is 0 Å². The minimum absolute atomic E-state index is 0.288. The van der Waals surface area contributed by atoms with Gasteiger partial charge in [0, 0.05) is 16.9 Å². The zero-order valence-electron chi connectivity index (χ0n) is 24.1. The normalized spacial score (nSPS) is 10.8. The van der Waals surface area contributed by atoms with Crippen LogP contribution in [-0.2, 0) is 0 Å². The molecule has 0 fully saturated rings. The summed E-state index contributed by atoms with van der Waals surface area (Å²) in [7, 11) is 0. The van der Waals surface area contributed by atoms with E-state index in [-0.39, 0.29) is 5.82 Å². The molecule has 0 aliphatic carbocycles. The highest BCUT2D eigenvalue weighted by Gasteiger charge is 2.23. The Hall–Kier alpha value is -5.73. The summed E-state index contributed by atoms with van der Waals surface area (Å²) in [5.41, 5.74) is 10.3. The monoisotopic (exact) mass is 567 g/mol. The van der Waals surface area contributed by atoms with Crippen LogP contribution in [0, 0.1) is 5.82 Å². The van der Waals surface area contributed by atoms with Crippen molar-refractivity contribution in [2.24, 2.45) is 0 Å². The Labute approximate surface area is 258 Å². The van der Waals surface area contributed by atoms with E-state index in [0.29, 0.717) is 5.69 Å². The molecule has 7 rings (SSSR count). The van der Waals surface area contributed by atoms with Gasteiger partial charge in [-0.2, -0.15) is 0 Å². The van der Waals surface area contributed by atoms with Gasteiger partial charge in [0.25, 0.3) is 0 Å². The second kappa shape index (κ2) is 12.2. The maximum absolute atomic E-state index is 16.8. The zero-order chi connectivity index (χ0) is 29.7. The Bertz CT molecular complexity index is 1890. The van der Waals surface area contributed by atoms with Gasteiger partial charge in [-0.05, 0) is 75.3 Å². The minimum Gasteiger partial charge on any atom is -0.307 e. The Morgan fingerprint density at radius 1 is 0.318 bits per heavy atom. The average Bonchev–Trinajstić information content (AvgIpc) is 3.11. The fourth-order valence-corrected chi connectivity index (χ4v) is 5.74. The fourth-order valence-electron chi connectivity index (χ4n) is 5.74. The van der Waals surface area contributed by atoms with E-state index in [2.05, 4.69) is 78.9 Å². The van der Waals surface area contributed by atoms with E-state index in [9.17, 15) is 0 Å². The van der Waals surface area contributed by atoms with Crippen LogP contribution < -0.4 is 4.90 Å². The standard InChI is InChI=1S/C42H30FN/c43-41-30-37(33-17-9-3-10-18-33)29-40(36-19-11-4-12-20-36)42(41)44(38-25-21-34(22-26-38)31-13-5-1-6-14-31)39-27-23-35(24-28-39)32-15-7-2-8-16-32/h1-30H. The van der Waals surface area contributed by atoms with E-state index in [1.54, 1.807) is 6.07 Å². The molecule has 0 heterocycles. The SMILES string of the molecule is Fc1cc(-c2ccccc2)cc(-c2ccccc2)c1N(c1ccc(-c2ccccc2)cc1)c1ccc(-c2ccccc2)cc1. The molecule has 0 N–H and O–H groups in total. The van der Waals surface area contributed by atoms with Crippen molar-refractivity contribution in [3.8, 4) is 44.5 Å². The number of hydrogen-bond acceptors (Lipinski definition) is 1. The van der Waals surface area contributed by atoms with Gasteiger partial charge in [-0.25, -0.2) is 4.39 Å². The van der Waals surface area contributed by atoms with Crippen LogP contribution in [0.25, 0.3) is 44.5 Å². The summed E-state index contributed by atoms with van der Waals surface area (Å²) < 4.78 is 16.8. The van der Waals surface area contributed by atoms with Crippen molar-refractivity contribution in [3.05, 3.63) is 188 Å². The first-order valence-electron chi connectivity index (χ1n) is 14.8. The van der Waals surface area contributed by atoms with Gasteiger partial charge in [-0.15, -0.1) is 0 Å². The molecular formula is C42H30FN. The van der Waals surface area contributed by atoms with Crippen molar-refractivity contribution < 1.29 is 4.39 Å². The second-order valence-electron chi connectivity index (χ2n) is 10.7. The van der Waals surface area contributed by atoms with E-state index in [4.69, 9.17) is 0 Å². The van der Waals surface area contributed by atoms with Gasteiger partial charge in [0.15, 0.2) is 0 Å². The summed E-state index contributed by atoms with van der Waals surface area (Å²) in [4.78, 5) is 2.04. The van der Waals surface area contributed by atoms with Crippen molar-refractivity contribution in [2.45, 2.75) is 0 Å². The molecule has 0 bridgehead atoms. The van der Waals surface area contributed by atoms with Gasteiger partial charge in [0.1, 0.15) is 5.82 Å². The van der Waals surface area contributed by atoms with Crippen LogP contribution in [-0.4, -0.2) is 0 Å². The number of nitrogens with zero attached hydrogens (tertiary/aromatic N) is 1. The summed E-state index contributed by atoms with van der Waals surface area (Å²) in [6.07, 6.45) is 0. The zero-order valence-corrected chi connectivity index (χ0v) is 24.1. The first kappa shape index (κ1) is 27.1. The number of hydrogen-bond donors (Lipinski definition) is 0. The van der Waals surface area contributed by atoms with Crippen LogP contribution >= 0.6 is 0 Å². The van der Waals surface area contributed by atoms with Crippen LogP contribution in [0.4, 0.5) is 21.5 Å². The Balaban J connectivity index is 1.42. The molecule has 0 aliphatic heterocycles. The highest BCUT2D eigenvalue weighted by atomic mass is 19.1. The topological polar surface area (TPSA) is 3.24 Å². The Morgan fingerprint density at radius 3 is 1.07 bits per heavy atom. The number of halogens is 1. The summed E-state index contributed by atoms with van der Waals surface area (Å²) in [6.45, 7) is 0. The molecule has 1 nitrogen and oxygen atoms in total. The molecule has 0 aromatic heterocycles. The third-order valence-corrected chi connectivity index (χ3v) is 7.94. The molecule has 0 radical (unpaired) electrons. The van der Waals surface area contributed by atoms with E-state index in [1.807, 2.05) is 102 Å². The predicted octanol–water partition coefficient (Wildman–Crippen LogP) is 12.0. The summed E-state index contributed by atoms with van der Waals surface area (Å²) in [5, 5.41) is 0. The molecule has 0 unspecified atom stereocenters. The Morgan fingerprint density at radius 2 is 0.659 bits per heavy atom. The highest BCUT2D eigenvalue weighted by molar-refractivity contribution is 5.91. The molecule has 7 aromatic carbocycles. The number of rotatable bonds is 7. The average molecular weight is 568 g/mol. The summed E-state index contributed by atoms with van der Waals surface area (Å²) in [5.74, 6) is -0.288. The van der Waals surface area contributed by atoms with Gasteiger partial charge in [0.2, 0.25) is 0 Å². The molecule has 44 heavy (non-hydrogen) atoms. The van der Waals surface area contributed by atoms with E-state index < -0.39 is 0 Å². The molecule has 2 heteroatoms. The lowest BCUT2D eigenvalue weighted by Crippen LogP contribution is -2.13. The number of anilines is 3. The first-order valence-corrected chi connectivity index (χ1v) is 14.8. The van der Waals surface area contributed by atoms with E-state index in [0.717, 1.165) is 55.9 Å². The van der Waals surface area contributed by atoms with Crippen molar-refractivity contribution in [3.63, 3.8) is 0 Å². The largest absolute Gasteiger partial charge is 0.307 e. The maximum Gasteiger partial charge on any atom is 0.148 e. The molecule has 0 atom stereocenters. The minimum atomic E-state index is -0.288. The van der Waals surface area contributed by atoms with Crippen LogP contribution in [0.1, 0.15) is 0 Å². The third-order valence-electron chi connectivity index (χ3n) is 7.94. The van der Waals surface area contributed by atoms with Gasteiger partial charge >= 0.3 is 0 Å². The van der Waals surface area contributed by atoms with Crippen LogP contribution in [0.2, 0.25) is 0 Å². The van der Waals surface area contributed by atoms with Crippen molar-refractivity contribution >= 4 is 17.1 Å². The molecule has 0 amide bonds. The first-order chi connectivity index (χ1) is 21.7. The van der Waals surface area contributed by atoms with Crippen molar-refractivity contribution in [2.75, 3.05) is 4.90 Å². The molecule has 7 aromatic rings. The predicted molar refractivity (Wildman–Crippen MR) is 183 cm³/mol. The molecular weight excluding hydrogens is 537 g/mol. The summed E-state index contributed by atoms with van der Waals surface area (Å²) in [6, 6.07) is 61.2. The van der Waals surface area contributed by atoms with Gasteiger partial charge in [-0.1, -0.05) is 146 Å². The lowest BCUT2D eigenvalue weighted by Gasteiger charge is -2.29. The van der Waals surface area contributed by atoms with Crippen molar-refractivity contribution in [1.29, 1.82) is 0 Å². The fraction of sp³-hybridized carbons (Fsp3) is 0. The third kappa shape index (κ3) is 5.54. The highest BCUT2D eigenvalue weighted by Crippen LogP contribution is 2.45. The molecule has 0 saturated carbocycles. The number of benzene rings is 7. The molecule has 0 saturated heterocycles. The van der Waals surface area contributed by atoms with E-state index in [1.165, 1.54) is 0 Å². The van der Waals surface area contributed by atoms with Crippen LogP contribution in [0.5, 0.6) is 0 Å². The quantitative estimate of drug-likeness (QED) is 0.185. The smallest absolute Gasteiger partial charge is 0.148 e. The summed E-state index contributed by atoms with van der Waals surface area (Å²) >= 11 is 0. The lowest BCUT2D eigenvalue weighted by atomic mass is 9.95. The molecule has 0 aliphatic rings. The van der Waals surface area contributed by atoms with Crippen LogP contribution in [0.3, 0.4) is 0 Å². The molecule has 0 spiro atoms. The lowest BCUT2D eigenvalue weighted by molar-refractivity contribution is 0.630. The van der Waals surface area contributed by atoms with E-state index >= 15 is 4.39 Å².